The first-order chi connectivity index (χ1) is 7.20. The molecule has 2 saturated heterocycles. The van der Waals surface area contributed by atoms with Crippen LogP contribution in [0, 0.1) is 0 Å². The van der Waals surface area contributed by atoms with Gasteiger partial charge >= 0.3 is 0 Å². The maximum Gasteiger partial charge on any atom is 0.233 e. The summed E-state index contributed by atoms with van der Waals surface area (Å²) in [6.07, 6.45) is 2.70. The second kappa shape index (κ2) is 4.72. The molecule has 0 radical (unpaired) electrons. The first kappa shape index (κ1) is 11.2. The van der Waals surface area contributed by atoms with Gasteiger partial charge in [0.1, 0.15) is 5.60 Å². The summed E-state index contributed by atoms with van der Waals surface area (Å²) in [6.45, 7) is 1.25. The van der Waals surface area contributed by atoms with Gasteiger partial charge in [-0.25, -0.2) is 0 Å². The molecule has 0 aliphatic carbocycles. The predicted octanol–water partition coefficient (Wildman–Crippen LogP) is 0.150. The van der Waals surface area contributed by atoms with Crippen LogP contribution in [-0.4, -0.2) is 47.4 Å². The number of hydrogen-bond donors (Lipinski definition) is 2. The number of aliphatic hydroxyl groups is 1. The highest BCUT2D eigenvalue weighted by atomic mass is 32.2. The normalized spacial score (nSPS) is 35.7. The van der Waals surface area contributed by atoms with Crippen molar-refractivity contribution in [3.63, 3.8) is 0 Å². The van der Waals surface area contributed by atoms with Crippen molar-refractivity contribution < 1.29 is 14.6 Å². The zero-order valence-corrected chi connectivity index (χ0v) is 9.52. The van der Waals surface area contributed by atoms with Crippen molar-refractivity contribution in [1.29, 1.82) is 0 Å². The summed E-state index contributed by atoms with van der Waals surface area (Å²) in [4.78, 5) is 11.7. The molecule has 0 bridgehead atoms. The van der Waals surface area contributed by atoms with E-state index < -0.39 is 5.60 Å². The Hall–Kier alpha value is -0.260. The first-order valence-corrected chi connectivity index (χ1v) is 6.44. The number of carbonyl (C=O) groups excluding carboxylic acids is 1. The van der Waals surface area contributed by atoms with Crippen molar-refractivity contribution in [2.45, 2.75) is 30.1 Å². The molecule has 2 fully saturated rings. The second-order valence-electron chi connectivity index (χ2n) is 4.25. The maximum atomic E-state index is 11.7. The van der Waals surface area contributed by atoms with Gasteiger partial charge in [0.2, 0.25) is 5.91 Å². The van der Waals surface area contributed by atoms with Crippen molar-refractivity contribution in [2.24, 2.45) is 0 Å². The van der Waals surface area contributed by atoms with E-state index in [-0.39, 0.29) is 11.2 Å². The van der Waals surface area contributed by atoms with Gasteiger partial charge in [-0.3, -0.25) is 4.79 Å². The Balaban J connectivity index is 1.74. The standard InChI is InChI=1S/C10H17NO3S/c12-9(8-2-1-5-15-8)11-6-10(13)3-4-14-7-10/h8,13H,1-7H2,(H,11,12). The second-order valence-corrected chi connectivity index (χ2v) is 5.56. The number of thioether (sulfide) groups is 1. The molecule has 2 N–H and O–H groups in total. The lowest BCUT2D eigenvalue weighted by atomic mass is 10.0. The minimum Gasteiger partial charge on any atom is -0.386 e. The van der Waals surface area contributed by atoms with Crippen molar-refractivity contribution in [1.82, 2.24) is 5.32 Å². The van der Waals surface area contributed by atoms with Crippen molar-refractivity contribution in [3.05, 3.63) is 0 Å². The summed E-state index contributed by atoms with van der Waals surface area (Å²) in [5, 5.41) is 12.8. The Morgan fingerprint density at radius 2 is 2.53 bits per heavy atom. The van der Waals surface area contributed by atoms with E-state index in [9.17, 15) is 9.90 Å². The topological polar surface area (TPSA) is 58.6 Å². The van der Waals surface area contributed by atoms with E-state index in [0.717, 1.165) is 18.6 Å². The van der Waals surface area contributed by atoms with Crippen LogP contribution in [0.25, 0.3) is 0 Å². The number of carbonyl (C=O) groups is 1. The summed E-state index contributed by atoms with van der Waals surface area (Å²) in [5.41, 5.74) is -0.834. The van der Waals surface area contributed by atoms with Gasteiger partial charge in [0.05, 0.1) is 11.9 Å². The molecule has 2 atom stereocenters. The molecule has 2 aliphatic heterocycles. The van der Waals surface area contributed by atoms with Crippen LogP contribution in [0.3, 0.4) is 0 Å². The van der Waals surface area contributed by atoms with Gasteiger partial charge in [0.15, 0.2) is 0 Å². The molecule has 0 spiro atoms. The number of amides is 1. The fourth-order valence-electron chi connectivity index (χ4n) is 1.89. The van der Waals surface area contributed by atoms with Crippen LogP contribution in [0.5, 0.6) is 0 Å². The Morgan fingerprint density at radius 3 is 3.13 bits per heavy atom. The molecule has 0 aromatic rings. The monoisotopic (exact) mass is 231 g/mol. The first-order valence-electron chi connectivity index (χ1n) is 5.39. The van der Waals surface area contributed by atoms with Gasteiger partial charge < -0.3 is 15.2 Å². The molecular weight excluding hydrogens is 214 g/mol. The molecule has 2 unspecified atom stereocenters. The van der Waals surface area contributed by atoms with Gasteiger partial charge in [-0.2, -0.15) is 0 Å². The molecule has 15 heavy (non-hydrogen) atoms. The molecule has 86 valence electrons. The summed E-state index contributed by atoms with van der Waals surface area (Å²) >= 11 is 1.71. The molecule has 2 aliphatic rings. The van der Waals surface area contributed by atoms with Gasteiger partial charge in [-0.1, -0.05) is 0 Å². The quantitative estimate of drug-likeness (QED) is 0.726. The van der Waals surface area contributed by atoms with Gasteiger partial charge in [-0.05, 0) is 18.6 Å². The highest BCUT2D eigenvalue weighted by Crippen LogP contribution is 2.26. The van der Waals surface area contributed by atoms with Crippen molar-refractivity contribution >= 4 is 17.7 Å². The smallest absolute Gasteiger partial charge is 0.233 e. The molecule has 0 aromatic heterocycles. The predicted molar refractivity (Wildman–Crippen MR) is 58.9 cm³/mol. The van der Waals surface area contributed by atoms with E-state index in [4.69, 9.17) is 4.74 Å². The highest BCUT2D eigenvalue weighted by Gasteiger charge is 2.33. The van der Waals surface area contributed by atoms with Crippen molar-refractivity contribution in [3.8, 4) is 0 Å². The summed E-state index contributed by atoms with van der Waals surface area (Å²) in [6, 6.07) is 0. The average molecular weight is 231 g/mol. The van der Waals surface area contributed by atoms with Crippen molar-refractivity contribution in [2.75, 3.05) is 25.5 Å². The van der Waals surface area contributed by atoms with E-state index in [2.05, 4.69) is 5.32 Å². The van der Waals surface area contributed by atoms with E-state index in [1.54, 1.807) is 11.8 Å². The highest BCUT2D eigenvalue weighted by molar-refractivity contribution is 8.00. The minimum absolute atomic E-state index is 0.0674. The average Bonchev–Trinajstić information content (AvgIpc) is 2.85. The summed E-state index contributed by atoms with van der Waals surface area (Å²) in [5.74, 6) is 1.14. The molecule has 2 heterocycles. The van der Waals surface area contributed by atoms with Crippen LogP contribution >= 0.6 is 11.8 Å². The maximum absolute atomic E-state index is 11.7. The number of rotatable bonds is 3. The zero-order valence-electron chi connectivity index (χ0n) is 8.70. The molecule has 5 heteroatoms. The lowest BCUT2D eigenvalue weighted by molar-refractivity contribution is -0.121. The van der Waals surface area contributed by atoms with Crippen LogP contribution in [0.1, 0.15) is 19.3 Å². The SMILES string of the molecule is O=C(NCC1(O)CCOC1)C1CCCS1. The largest absolute Gasteiger partial charge is 0.386 e. The Bertz CT molecular complexity index is 235. The lowest BCUT2D eigenvalue weighted by Crippen LogP contribution is -2.45. The minimum atomic E-state index is -0.834. The Kier molecular flexibility index (Phi) is 3.53. The Labute approximate surface area is 93.8 Å². The summed E-state index contributed by atoms with van der Waals surface area (Å²) < 4.78 is 5.11. The number of ether oxygens (including phenoxy) is 1. The fourth-order valence-corrected chi connectivity index (χ4v) is 3.07. The zero-order chi connectivity index (χ0) is 10.7. The van der Waals surface area contributed by atoms with Crippen LogP contribution < -0.4 is 5.32 Å². The van der Waals surface area contributed by atoms with Crippen LogP contribution in [0.4, 0.5) is 0 Å². The third kappa shape index (κ3) is 2.86. The Morgan fingerprint density at radius 1 is 1.67 bits per heavy atom. The van der Waals surface area contributed by atoms with E-state index >= 15 is 0 Å². The third-order valence-electron chi connectivity index (χ3n) is 2.90. The molecule has 1 amide bonds. The van der Waals surface area contributed by atoms with Crippen LogP contribution in [0.15, 0.2) is 0 Å². The van der Waals surface area contributed by atoms with Gasteiger partial charge in [0.25, 0.3) is 0 Å². The van der Waals surface area contributed by atoms with E-state index in [0.29, 0.717) is 26.2 Å². The lowest BCUT2D eigenvalue weighted by Gasteiger charge is -2.21. The third-order valence-corrected chi connectivity index (χ3v) is 4.27. The molecule has 4 nitrogen and oxygen atoms in total. The van der Waals surface area contributed by atoms with Gasteiger partial charge in [-0.15, -0.1) is 11.8 Å². The van der Waals surface area contributed by atoms with Gasteiger partial charge in [0, 0.05) is 19.6 Å². The van der Waals surface area contributed by atoms with Crippen LogP contribution in [0.2, 0.25) is 0 Å². The number of nitrogens with one attached hydrogen (secondary N) is 1. The molecular formula is C10H17NO3S. The fraction of sp³-hybridized carbons (Fsp3) is 0.900. The molecule has 2 rings (SSSR count). The van der Waals surface area contributed by atoms with Crippen LogP contribution in [-0.2, 0) is 9.53 Å². The number of hydrogen-bond acceptors (Lipinski definition) is 4. The van der Waals surface area contributed by atoms with E-state index in [1.807, 2.05) is 0 Å². The molecule has 0 aromatic carbocycles. The molecule has 0 saturated carbocycles. The summed E-state index contributed by atoms with van der Waals surface area (Å²) in [7, 11) is 0. The van der Waals surface area contributed by atoms with E-state index in [1.165, 1.54) is 0 Å².